The highest BCUT2D eigenvalue weighted by atomic mass is 32.2. The molecule has 126 valence electrons. The first kappa shape index (κ1) is 16.6. The fourth-order valence-electron chi connectivity index (χ4n) is 3.13. The number of hydrogen-bond donors (Lipinski definition) is 2. The second-order valence-electron chi connectivity index (χ2n) is 6.24. The zero-order valence-electron chi connectivity index (χ0n) is 13.8. The van der Waals surface area contributed by atoms with E-state index in [1.165, 1.54) is 25.5 Å². The number of benzene rings is 1. The molecule has 6 heteroatoms. The second kappa shape index (κ2) is 7.53. The third kappa shape index (κ3) is 4.38. The number of nitrogens with zero attached hydrogens (tertiary/aromatic N) is 2. The summed E-state index contributed by atoms with van der Waals surface area (Å²) in [5, 5.41) is 6.81. The van der Waals surface area contributed by atoms with Crippen LogP contribution >= 0.6 is 11.8 Å². The standard InChI is InChI=1S/C17H25FN4S/c1-19-17(21-14-7-8-22(11-14)15-4-5-15)20-10-12-9-13(18)3-6-16(12)23-2/h3,6,9,14-15H,4-5,7-8,10-11H2,1-2H3,(H2,19,20,21). The first-order valence-corrected chi connectivity index (χ1v) is 9.45. The minimum atomic E-state index is -0.196. The van der Waals surface area contributed by atoms with E-state index in [9.17, 15) is 4.39 Å². The number of likely N-dealkylation sites (tertiary alicyclic amines) is 1. The molecule has 1 saturated carbocycles. The molecule has 1 aromatic carbocycles. The highest BCUT2D eigenvalue weighted by molar-refractivity contribution is 7.98. The van der Waals surface area contributed by atoms with Crippen LogP contribution in [-0.4, -0.2) is 49.3 Å². The van der Waals surface area contributed by atoms with Crippen LogP contribution in [0.15, 0.2) is 28.1 Å². The summed E-state index contributed by atoms with van der Waals surface area (Å²) in [6, 6.07) is 6.21. The van der Waals surface area contributed by atoms with Gasteiger partial charge in [0.05, 0.1) is 0 Å². The normalized spacial score (nSPS) is 22.4. The van der Waals surface area contributed by atoms with Crippen LogP contribution in [0.3, 0.4) is 0 Å². The molecule has 0 spiro atoms. The van der Waals surface area contributed by atoms with E-state index in [1.54, 1.807) is 24.9 Å². The van der Waals surface area contributed by atoms with Crippen molar-refractivity contribution in [1.29, 1.82) is 0 Å². The van der Waals surface area contributed by atoms with Gasteiger partial charge in [-0.2, -0.15) is 0 Å². The predicted octanol–water partition coefficient (Wildman–Crippen LogP) is 2.45. The van der Waals surface area contributed by atoms with E-state index in [1.807, 2.05) is 12.3 Å². The summed E-state index contributed by atoms with van der Waals surface area (Å²) < 4.78 is 13.5. The van der Waals surface area contributed by atoms with Crippen molar-refractivity contribution in [3.63, 3.8) is 0 Å². The van der Waals surface area contributed by atoms with E-state index in [0.717, 1.165) is 35.4 Å². The molecule has 1 atom stereocenters. The lowest BCUT2D eigenvalue weighted by Gasteiger charge is -2.19. The Balaban J connectivity index is 1.53. The van der Waals surface area contributed by atoms with Crippen molar-refractivity contribution < 1.29 is 4.39 Å². The summed E-state index contributed by atoms with van der Waals surface area (Å²) in [6.07, 6.45) is 5.88. The first-order chi connectivity index (χ1) is 11.2. The van der Waals surface area contributed by atoms with Gasteiger partial charge in [-0.1, -0.05) is 0 Å². The lowest BCUT2D eigenvalue weighted by Crippen LogP contribution is -2.44. The van der Waals surface area contributed by atoms with Crippen LogP contribution in [0.4, 0.5) is 4.39 Å². The smallest absolute Gasteiger partial charge is 0.191 e. The van der Waals surface area contributed by atoms with Crippen LogP contribution in [0.25, 0.3) is 0 Å². The fourth-order valence-corrected chi connectivity index (χ4v) is 3.73. The summed E-state index contributed by atoms with van der Waals surface area (Å²) in [7, 11) is 1.78. The summed E-state index contributed by atoms with van der Waals surface area (Å²) in [6.45, 7) is 2.86. The molecular weight excluding hydrogens is 311 g/mol. The van der Waals surface area contributed by atoms with Crippen LogP contribution in [0, 0.1) is 5.82 Å². The molecule has 3 rings (SSSR count). The summed E-state index contributed by atoms with van der Waals surface area (Å²) >= 11 is 1.63. The number of guanidine groups is 1. The Hall–Kier alpha value is -1.27. The fraction of sp³-hybridized carbons (Fsp3) is 0.588. The van der Waals surface area contributed by atoms with Crippen LogP contribution in [0.1, 0.15) is 24.8 Å². The Labute approximate surface area is 141 Å². The maximum absolute atomic E-state index is 13.5. The van der Waals surface area contributed by atoms with Crippen molar-refractivity contribution in [1.82, 2.24) is 15.5 Å². The average molecular weight is 336 g/mol. The summed E-state index contributed by atoms with van der Waals surface area (Å²) in [5.41, 5.74) is 0.964. The van der Waals surface area contributed by atoms with E-state index >= 15 is 0 Å². The number of nitrogens with one attached hydrogen (secondary N) is 2. The number of aliphatic imine (C=N–C) groups is 1. The molecule has 4 nitrogen and oxygen atoms in total. The summed E-state index contributed by atoms with van der Waals surface area (Å²) in [4.78, 5) is 7.97. The summed E-state index contributed by atoms with van der Waals surface area (Å²) in [5.74, 6) is 0.599. The van der Waals surface area contributed by atoms with Gasteiger partial charge < -0.3 is 10.6 Å². The van der Waals surface area contributed by atoms with E-state index < -0.39 is 0 Å². The number of halogens is 1. The Bertz CT molecular complexity index is 574. The molecule has 0 radical (unpaired) electrons. The zero-order valence-corrected chi connectivity index (χ0v) is 14.6. The van der Waals surface area contributed by atoms with E-state index in [0.29, 0.717) is 12.6 Å². The Morgan fingerprint density at radius 2 is 2.22 bits per heavy atom. The molecule has 1 aromatic rings. The zero-order chi connectivity index (χ0) is 16.2. The number of hydrogen-bond acceptors (Lipinski definition) is 3. The third-order valence-corrected chi connectivity index (χ3v) is 5.37. The molecule has 2 aliphatic rings. The van der Waals surface area contributed by atoms with Gasteiger partial charge in [-0.25, -0.2) is 4.39 Å². The van der Waals surface area contributed by atoms with E-state index in [4.69, 9.17) is 0 Å². The van der Waals surface area contributed by atoms with Gasteiger partial charge in [-0.3, -0.25) is 9.89 Å². The van der Waals surface area contributed by atoms with Crippen molar-refractivity contribution in [3.8, 4) is 0 Å². The molecule has 23 heavy (non-hydrogen) atoms. The average Bonchev–Trinajstić information content (AvgIpc) is 3.31. The topological polar surface area (TPSA) is 39.7 Å². The molecule has 1 aliphatic heterocycles. The van der Waals surface area contributed by atoms with Gasteiger partial charge in [0.2, 0.25) is 0 Å². The molecule has 1 saturated heterocycles. The SMILES string of the molecule is CN=C(NCc1cc(F)ccc1SC)NC1CCN(C2CC2)C1. The third-order valence-electron chi connectivity index (χ3n) is 4.54. The Kier molecular flexibility index (Phi) is 5.43. The minimum absolute atomic E-state index is 0.196. The van der Waals surface area contributed by atoms with Gasteiger partial charge in [0.1, 0.15) is 5.82 Å². The van der Waals surface area contributed by atoms with Crippen LogP contribution in [0.5, 0.6) is 0 Å². The Morgan fingerprint density at radius 1 is 1.39 bits per heavy atom. The molecular formula is C17H25FN4S. The van der Waals surface area contributed by atoms with Crippen molar-refractivity contribution in [2.75, 3.05) is 26.4 Å². The largest absolute Gasteiger partial charge is 0.352 e. The number of rotatable bonds is 5. The lowest BCUT2D eigenvalue weighted by atomic mass is 10.2. The first-order valence-electron chi connectivity index (χ1n) is 8.23. The van der Waals surface area contributed by atoms with E-state index in [2.05, 4.69) is 20.5 Å². The Morgan fingerprint density at radius 3 is 2.91 bits per heavy atom. The molecule has 0 bridgehead atoms. The maximum atomic E-state index is 13.5. The van der Waals surface area contributed by atoms with E-state index in [-0.39, 0.29) is 5.82 Å². The van der Waals surface area contributed by atoms with Crippen molar-refractivity contribution in [3.05, 3.63) is 29.6 Å². The molecule has 0 aromatic heterocycles. The van der Waals surface area contributed by atoms with Gasteiger partial charge in [0, 0.05) is 43.7 Å². The van der Waals surface area contributed by atoms with Crippen LogP contribution in [0.2, 0.25) is 0 Å². The van der Waals surface area contributed by atoms with Gasteiger partial charge in [0.25, 0.3) is 0 Å². The minimum Gasteiger partial charge on any atom is -0.352 e. The molecule has 1 heterocycles. The van der Waals surface area contributed by atoms with Gasteiger partial charge in [0.15, 0.2) is 5.96 Å². The van der Waals surface area contributed by atoms with Crippen LogP contribution in [-0.2, 0) is 6.54 Å². The van der Waals surface area contributed by atoms with Crippen LogP contribution < -0.4 is 10.6 Å². The monoisotopic (exact) mass is 336 g/mol. The second-order valence-corrected chi connectivity index (χ2v) is 7.09. The maximum Gasteiger partial charge on any atom is 0.191 e. The molecule has 1 unspecified atom stereocenters. The molecule has 2 N–H and O–H groups in total. The predicted molar refractivity (Wildman–Crippen MR) is 94.5 cm³/mol. The number of thioether (sulfide) groups is 1. The van der Waals surface area contributed by atoms with Gasteiger partial charge >= 0.3 is 0 Å². The molecule has 1 aliphatic carbocycles. The highest BCUT2D eigenvalue weighted by Crippen LogP contribution is 2.29. The van der Waals surface area contributed by atoms with Gasteiger partial charge in [-0.05, 0) is 49.3 Å². The highest BCUT2D eigenvalue weighted by Gasteiger charge is 2.34. The van der Waals surface area contributed by atoms with Gasteiger partial charge in [-0.15, -0.1) is 11.8 Å². The molecule has 2 fully saturated rings. The lowest BCUT2D eigenvalue weighted by molar-refractivity contribution is 0.321. The molecule has 0 amide bonds. The van der Waals surface area contributed by atoms with Crippen molar-refractivity contribution >= 4 is 17.7 Å². The quantitative estimate of drug-likeness (QED) is 0.492. The van der Waals surface area contributed by atoms with Crippen molar-refractivity contribution in [2.24, 2.45) is 4.99 Å². The van der Waals surface area contributed by atoms with Crippen molar-refractivity contribution in [2.45, 2.75) is 42.8 Å².